The van der Waals surface area contributed by atoms with Gasteiger partial charge in [0.2, 0.25) is 0 Å². The molecule has 0 fully saturated rings. The number of carbonyl (C=O) groups excluding carboxylic acids is 1. The molecule has 0 saturated heterocycles. The number of benzene rings is 2. The Kier molecular flexibility index (Phi) is 3.23. The third-order valence-electron chi connectivity index (χ3n) is 4.38. The highest BCUT2D eigenvalue weighted by Crippen LogP contribution is 2.31. The number of hydrogen-bond donors (Lipinski definition) is 0. The predicted octanol–water partition coefficient (Wildman–Crippen LogP) is 3.17. The molecule has 0 amide bonds. The van der Waals surface area contributed by atoms with Crippen molar-refractivity contribution >= 4 is 22.9 Å². The summed E-state index contributed by atoms with van der Waals surface area (Å²) < 4.78 is 5.27. The normalized spacial score (nSPS) is 13.8. The Morgan fingerprint density at radius 1 is 1.00 bits per heavy atom. The summed E-state index contributed by atoms with van der Waals surface area (Å²) in [5, 5.41) is 0.800. The van der Waals surface area contributed by atoms with Crippen molar-refractivity contribution in [2.75, 3.05) is 11.4 Å². The summed E-state index contributed by atoms with van der Waals surface area (Å²) >= 11 is 0. The molecule has 0 atom stereocenters. The van der Waals surface area contributed by atoms with Crippen LogP contribution in [-0.2, 0) is 13.0 Å². The number of para-hydroxylation sites is 1. The molecule has 2 heterocycles. The van der Waals surface area contributed by atoms with Crippen LogP contribution >= 0.6 is 0 Å². The van der Waals surface area contributed by atoms with E-state index in [0.29, 0.717) is 24.1 Å². The van der Waals surface area contributed by atoms with Gasteiger partial charge in [-0.1, -0.05) is 36.4 Å². The lowest BCUT2D eigenvalue weighted by Gasteiger charge is -2.32. The minimum Gasteiger partial charge on any atom is -0.422 e. The fraction of sp³-hybridized carbons (Fsp3) is 0.158. The molecular formula is C19H15NO3. The quantitative estimate of drug-likeness (QED) is 0.539. The zero-order chi connectivity index (χ0) is 15.8. The highest BCUT2D eigenvalue weighted by Gasteiger charge is 2.23. The van der Waals surface area contributed by atoms with Crippen LogP contribution in [0.25, 0.3) is 11.0 Å². The van der Waals surface area contributed by atoms with Gasteiger partial charge in [-0.15, -0.1) is 0 Å². The summed E-state index contributed by atoms with van der Waals surface area (Å²) in [6.45, 7) is 1.45. The molecule has 114 valence electrons. The number of fused-ring (bicyclic) bond motifs is 2. The van der Waals surface area contributed by atoms with Gasteiger partial charge in [-0.2, -0.15) is 0 Å². The zero-order valence-electron chi connectivity index (χ0n) is 12.5. The maximum atomic E-state index is 12.1. The number of anilines is 1. The van der Waals surface area contributed by atoms with E-state index in [4.69, 9.17) is 4.42 Å². The van der Waals surface area contributed by atoms with E-state index in [1.807, 2.05) is 30.3 Å². The molecule has 4 heteroatoms. The smallest absolute Gasteiger partial charge is 0.349 e. The zero-order valence-corrected chi connectivity index (χ0v) is 12.5. The third kappa shape index (κ3) is 2.23. The Balaban J connectivity index is 1.92. The molecule has 1 aliphatic rings. The van der Waals surface area contributed by atoms with E-state index in [-0.39, 0.29) is 5.56 Å². The van der Waals surface area contributed by atoms with Crippen molar-refractivity contribution in [1.29, 1.82) is 0 Å². The van der Waals surface area contributed by atoms with Crippen LogP contribution in [0.2, 0.25) is 0 Å². The first-order valence-corrected chi connectivity index (χ1v) is 7.60. The van der Waals surface area contributed by atoms with Gasteiger partial charge in [0.1, 0.15) is 11.1 Å². The summed E-state index contributed by atoms with van der Waals surface area (Å²) in [7, 11) is 0. The number of carbonyl (C=O) groups is 1. The van der Waals surface area contributed by atoms with Crippen LogP contribution in [0.4, 0.5) is 5.69 Å². The van der Waals surface area contributed by atoms with Crippen LogP contribution < -0.4 is 10.5 Å². The fourth-order valence-electron chi connectivity index (χ4n) is 3.28. The fourth-order valence-corrected chi connectivity index (χ4v) is 3.28. The minimum absolute atomic E-state index is 0.100. The standard InChI is InChI=1S/C19H15NO3/c21-12-16-18(15-7-3-4-8-17(15)23-19(16)22)20-10-9-13-5-1-2-6-14(13)11-20/h1-8,12H,9-11H2. The van der Waals surface area contributed by atoms with Gasteiger partial charge in [0.05, 0.1) is 5.69 Å². The molecule has 4 nitrogen and oxygen atoms in total. The van der Waals surface area contributed by atoms with Crippen molar-refractivity contribution in [2.45, 2.75) is 13.0 Å². The summed E-state index contributed by atoms with van der Waals surface area (Å²) in [5.74, 6) is 0. The van der Waals surface area contributed by atoms with E-state index >= 15 is 0 Å². The summed E-state index contributed by atoms with van der Waals surface area (Å²) in [6, 6.07) is 15.6. The van der Waals surface area contributed by atoms with Gasteiger partial charge in [-0.05, 0) is 29.7 Å². The number of rotatable bonds is 2. The number of aldehydes is 1. The van der Waals surface area contributed by atoms with E-state index in [2.05, 4.69) is 17.0 Å². The van der Waals surface area contributed by atoms with Crippen LogP contribution in [-0.4, -0.2) is 12.8 Å². The first-order valence-electron chi connectivity index (χ1n) is 7.60. The minimum atomic E-state index is -0.576. The second-order valence-corrected chi connectivity index (χ2v) is 5.71. The topological polar surface area (TPSA) is 50.5 Å². The maximum absolute atomic E-state index is 12.1. The van der Waals surface area contributed by atoms with Crippen LogP contribution in [0, 0.1) is 0 Å². The highest BCUT2D eigenvalue weighted by molar-refractivity contribution is 5.99. The summed E-state index contributed by atoms with van der Waals surface area (Å²) in [5.41, 5.74) is 3.27. The molecule has 0 aliphatic carbocycles. The second kappa shape index (κ2) is 5.39. The van der Waals surface area contributed by atoms with E-state index in [9.17, 15) is 9.59 Å². The largest absolute Gasteiger partial charge is 0.422 e. The average molecular weight is 305 g/mol. The van der Waals surface area contributed by atoms with Crippen molar-refractivity contribution in [1.82, 2.24) is 0 Å². The van der Waals surface area contributed by atoms with E-state index < -0.39 is 5.63 Å². The first kappa shape index (κ1) is 13.8. The molecule has 3 aromatic rings. The van der Waals surface area contributed by atoms with Gasteiger partial charge in [0.25, 0.3) is 0 Å². The van der Waals surface area contributed by atoms with Gasteiger partial charge in [-0.3, -0.25) is 4.79 Å². The lowest BCUT2D eigenvalue weighted by Crippen LogP contribution is -2.32. The van der Waals surface area contributed by atoms with Crippen molar-refractivity contribution in [2.24, 2.45) is 0 Å². The van der Waals surface area contributed by atoms with Crippen molar-refractivity contribution in [3.63, 3.8) is 0 Å². The summed E-state index contributed by atoms with van der Waals surface area (Å²) in [4.78, 5) is 25.7. The Labute approximate surface area is 133 Å². The molecule has 0 saturated carbocycles. The second-order valence-electron chi connectivity index (χ2n) is 5.71. The lowest BCUT2D eigenvalue weighted by molar-refractivity contribution is 0.112. The maximum Gasteiger partial charge on any atom is 0.349 e. The third-order valence-corrected chi connectivity index (χ3v) is 4.38. The molecule has 2 aromatic carbocycles. The molecule has 1 aliphatic heterocycles. The molecule has 0 N–H and O–H groups in total. The predicted molar refractivity (Wildman–Crippen MR) is 89.1 cm³/mol. The van der Waals surface area contributed by atoms with Crippen LogP contribution in [0.3, 0.4) is 0 Å². The summed E-state index contributed by atoms with van der Waals surface area (Å²) in [6.07, 6.45) is 1.50. The van der Waals surface area contributed by atoms with Gasteiger partial charge in [-0.25, -0.2) is 4.79 Å². The first-order chi connectivity index (χ1) is 11.3. The Morgan fingerprint density at radius 2 is 1.74 bits per heavy atom. The van der Waals surface area contributed by atoms with E-state index in [1.165, 1.54) is 11.1 Å². The van der Waals surface area contributed by atoms with E-state index in [0.717, 1.165) is 18.4 Å². The van der Waals surface area contributed by atoms with Crippen molar-refractivity contribution in [3.05, 3.63) is 75.6 Å². The van der Waals surface area contributed by atoms with Crippen LogP contribution in [0.15, 0.2) is 57.7 Å². The average Bonchev–Trinajstić information content (AvgIpc) is 2.60. The highest BCUT2D eigenvalue weighted by atomic mass is 16.4. The van der Waals surface area contributed by atoms with E-state index in [1.54, 1.807) is 6.07 Å². The van der Waals surface area contributed by atoms with Crippen LogP contribution in [0.1, 0.15) is 21.5 Å². The molecule has 23 heavy (non-hydrogen) atoms. The van der Waals surface area contributed by atoms with Gasteiger partial charge >= 0.3 is 5.63 Å². The molecular weight excluding hydrogens is 290 g/mol. The SMILES string of the molecule is O=Cc1c(N2CCc3ccccc3C2)c2ccccc2oc1=O. The van der Waals surface area contributed by atoms with Crippen molar-refractivity contribution < 1.29 is 9.21 Å². The number of hydrogen-bond acceptors (Lipinski definition) is 4. The lowest BCUT2D eigenvalue weighted by atomic mass is 9.98. The van der Waals surface area contributed by atoms with Crippen LogP contribution in [0.5, 0.6) is 0 Å². The Hall–Kier alpha value is -2.88. The molecule has 0 radical (unpaired) electrons. The monoisotopic (exact) mass is 305 g/mol. The Morgan fingerprint density at radius 3 is 2.57 bits per heavy atom. The molecule has 0 unspecified atom stereocenters. The van der Waals surface area contributed by atoms with Gasteiger partial charge in [0.15, 0.2) is 6.29 Å². The van der Waals surface area contributed by atoms with Crippen molar-refractivity contribution in [3.8, 4) is 0 Å². The van der Waals surface area contributed by atoms with Gasteiger partial charge < -0.3 is 9.32 Å². The molecule has 0 spiro atoms. The molecule has 4 rings (SSSR count). The Bertz CT molecular complexity index is 958. The van der Waals surface area contributed by atoms with Gasteiger partial charge in [0, 0.05) is 18.5 Å². The molecule has 0 bridgehead atoms. The number of nitrogens with zero attached hydrogens (tertiary/aromatic N) is 1. The molecule has 1 aromatic heterocycles.